The summed E-state index contributed by atoms with van der Waals surface area (Å²) in [6.07, 6.45) is 9.71. The van der Waals surface area contributed by atoms with E-state index in [0.29, 0.717) is 0 Å². The van der Waals surface area contributed by atoms with Crippen LogP contribution in [0.4, 0.5) is 0 Å². The number of hydrogen-bond donors (Lipinski definition) is 0. The van der Waals surface area contributed by atoms with Gasteiger partial charge in [0.05, 0.1) is 50.5 Å². The van der Waals surface area contributed by atoms with Gasteiger partial charge in [-0.2, -0.15) is 0 Å². The zero-order valence-electron chi connectivity index (χ0n) is 30.3. The number of rotatable bonds is 6. The number of pyridine rings is 3. The van der Waals surface area contributed by atoms with E-state index in [9.17, 15) is 0 Å². The van der Waals surface area contributed by atoms with Crippen LogP contribution in [0.2, 0.25) is 0 Å². The average molecular weight is 716 g/mol. The van der Waals surface area contributed by atoms with Gasteiger partial charge in [-0.1, -0.05) is 116 Å². The molecule has 0 saturated carbocycles. The van der Waals surface area contributed by atoms with Gasteiger partial charge in [0.25, 0.3) is 0 Å². The molecule has 56 heavy (non-hydrogen) atoms. The van der Waals surface area contributed by atoms with Crippen molar-refractivity contribution in [1.29, 1.82) is 0 Å². The lowest BCUT2D eigenvalue weighted by Crippen LogP contribution is -2.00. The van der Waals surface area contributed by atoms with E-state index in [4.69, 9.17) is 15.0 Å². The second-order valence-corrected chi connectivity index (χ2v) is 14.0. The third-order valence-corrected chi connectivity index (χ3v) is 10.9. The van der Waals surface area contributed by atoms with Crippen molar-refractivity contribution in [2.75, 3.05) is 0 Å². The van der Waals surface area contributed by atoms with E-state index >= 15 is 0 Å². The van der Waals surface area contributed by atoms with E-state index in [1.807, 2.05) is 60.9 Å². The Kier molecular flexibility index (Phi) is 7.25. The Morgan fingerprint density at radius 3 is 1.57 bits per heavy atom. The monoisotopic (exact) mass is 715 g/mol. The third kappa shape index (κ3) is 4.78. The van der Waals surface area contributed by atoms with Crippen LogP contribution < -0.4 is 0 Å². The van der Waals surface area contributed by atoms with Crippen LogP contribution in [0.1, 0.15) is 5.56 Å². The summed E-state index contributed by atoms with van der Waals surface area (Å²) in [7, 11) is 0. The summed E-state index contributed by atoms with van der Waals surface area (Å²) in [6.45, 7) is 4.07. The molecule has 0 radical (unpaired) electrons. The maximum absolute atomic E-state index is 5.14. The molecule has 0 fully saturated rings. The summed E-state index contributed by atoms with van der Waals surface area (Å²) in [5.74, 6) is 0. The normalized spacial score (nSPS) is 11.9. The highest BCUT2D eigenvalue weighted by atomic mass is 15.0. The van der Waals surface area contributed by atoms with Gasteiger partial charge < -0.3 is 9.13 Å². The third-order valence-electron chi connectivity index (χ3n) is 10.9. The van der Waals surface area contributed by atoms with Crippen molar-refractivity contribution < 1.29 is 0 Å². The molecule has 6 aromatic carbocycles. The summed E-state index contributed by atoms with van der Waals surface area (Å²) in [4.78, 5) is 14.6. The number of hydrogen-bond acceptors (Lipinski definition) is 3. The minimum Gasteiger partial charge on any atom is -0.309 e. The van der Waals surface area contributed by atoms with Crippen LogP contribution in [0.15, 0.2) is 189 Å². The SMILES string of the molecule is C=C/C=C\c1cc2c3ccccc3c3c(c4ccccc4n3-c3ccccc3)c2c2c3ccccc3n(-c3cc(-c4ccccn4)nc(-c4ccccn4)c3)c12. The molecular formula is C51H33N5. The first kappa shape index (κ1) is 31.9. The van der Waals surface area contributed by atoms with Crippen molar-refractivity contribution in [3.63, 3.8) is 0 Å². The fourth-order valence-corrected chi connectivity index (χ4v) is 8.69. The lowest BCUT2D eigenvalue weighted by Gasteiger charge is -2.16. The first-order valence-corrected chi connectivity index (χ1v) is 18.8. The Bertz CT molecular complexity index is 3300. The second kappa shape index (κ2) is 12.8. The fourth-order valence-electron chi connectivity index (χ4n) is 8.69. The number of nitrogens with zero attached hydrogens (tertiary/aromatic N) is 5. The second-order valence-electron chi connectivity index (χ2n) is 14.0. The topological polar surface area (TPSA) is 48.5 Å². The highest BCUT2D eigenvalue weighted by molar-refractivity contribution is 6.40. The molecule has 0 unspecified atom stereocenters. The molecule has 0 bridgehead atoms. The molecular weight excluding hydrogens is 683 g/mol. The van der Waals surface area contributed by atoms with E-state index in [1.165, 1.54) is 54.1 Å². The predicted molar refractivity (Wildman–Crippen MR) is 234 cm³/mol. The number of aromatic nitrogens is 5. The van der Waals surface area contributed by atoms with E-state index in [-0.39, 0.29) is 0 Å². The molecule has 11 aromatic rings. The lowest BCUT2D eigenvalue weighted by molar-refractivity contribution is 1.14. The molecule has 11 rings (SSSR count). The number of benzene rings is 6. The molecule has 0 aliphatic carbocycles. The smallest absolute Gasteiger partial charge is 0.0915 e. The minimum absolute atomic E-state index is 0.776. The van der Waals surface area contributed by atoms with Gasteiger partial charge in [-0.15, -0.1) is 0 Å². The van der Waals surface area contributed by atoms with Crippen LogP contribution in [0, 0.1) is 0 Å². The van der Waals surface area contributed by atoms with Crippen LogP contribution >= 0.6 is 0 Å². The quantitative estimate of drug-likeness (QED) is 0.127. The molecule has 5 nitrogen and oxygen atoms in total. The summed E-state index contributed by atoms with van der Waals surface area (Å²) in [5.41, 5.74) is 10.9. The molecule has 5 heterocycles. The summed E-state index contributed by atoms with van der Waals surface area (Å²) >= 11 is 0. The van der Waals surface area contributed by atoms with Crippen LogP contribution in [0.25, 0.3) is 105 Å². The molecule has 5 heteroatoms. The molecule has 262 valence electrons. The van der Waals surface area contributed by atoms with Crippen molar-refractivity contribution in [3.8, 4) is 34.2 Å². The van der Waals surface area contributed by atoms with E-state index in [1.54, 1.807) is 0 Å². The summed E-state index contributed by atoms with van der Waals surface area (Å²) in [6, 6.07) is 55.8. The van der Waals surface area contributed by atoms with Crippen LogP contribution in [0.5, 0.6) is 0 Å². The van der Waals surface area contributed by atoms with Crippen molar-refractivity contribution in [3.05, 3.63) is 194 Å². The molecule has 0 spiro atoms. The van der Waals surface area contributed by atoms with Crippen LogP contribution in [-0.4, -0.2) is 24.1 Å². The summed E-state index contributed by atoms with van der Waals surface area (Å²) in [5, 5.41) is 9.69. The highest BCUT2D eigenvalue weighted by Gasteiger charge is 2.25. The number of allylic oxidation sites excluding steroid dienone is 2. The van der Waals surface area contributed by atoms with Crippen molar-refractivity contribution >= 4 is 71.2 Å². The van der Waals surface area contributed by atoms with Gasteiger partial charge in [0.15, 0.2) is 0 Å². The van der Waals surface area contributed by atoms with Gasteiger partial charge >= 0.3 is 0 Å². The Hall–Kier alpha value is -7.63. The highest BCUT2D eigenvalue weighted by Crippen LogP contribution is 2.48. The molecule has 0 atom stereocenters. The van der Waals surface area contributed by atoms with Gasteiger partial charge in [0.2, 0.25) is 0 Å². The van der Waals surface area contributed by atoms with Crippen molar-refractivity contribution in [2.45, 2.75) is 0 Å². The molecule has 0 amide bonds. The van der Waals surface area contributed by atoms with Gasteiger partial charge in [0, 0.05) is 50.4 Å². The van der Waals surface area contributed by atoms with Gasteiger partial charge in [-0.25, -0.2) is 4.98 Å². The number of para-hydroxylation sites is 3. The number of fused-ring (bicyclic) bond motifs is 12. The Balaban J connectivity index is 1.39. The standard InChI is InChI=1S/C51H33N5/c1-2-3-17-33-30-40-36-20-7-8-21-37(36)51-49(39-23-10-11-26-45(39)55(51)34-18-5-4-6-19-34)47(40)48-38-22-9-12-27-46(38)56(50(33)48)35-31-43(41-24-13-15-28-52-41)54-44(32-35)42-25-14-16-29-53-42/h2-32H,1H2/b17-3-. The molecule has 0 saturated heterocycles. The average Bonchev–Trinajstić information content (AvgIpc) is 3.81. The van der Waals surface area contributed by atoms with Gasteiger partial charge in [-0.05, 0) is 83.1 Å². The fraction of sp³-hybridized carbons (Fsp3) is 0. The predicted octanol–water partition coefficient (Wildman–Crippen LogP) is 12.9. The van der Waals surface area contributed by atoms with Crippen LogP contribution in [-0.2, 0) is 0 Å². The Labute approximate surface area is 322 Å². The molecule has 0 N–H and O–H groups in total. The van der Waals surface area contributed by atoms with Gasteiger partial charge in [0.1, 0.15) is 0 Å². The molecule has 0 aliphatic heterocycles. The maximum atomic E-state index is 5.14. The molecule has 0 aliphatic rings. The van der Waals surface area contributed by atoms with Gasteiger partial charge in [-0.3, -0.25) is 9.97 Å². The summed E-state index contributed by atoms with van der Waals surface area (Å²) < 4.78 is 4.86. The zero-order valence-corrected chi connectivity index (χ0v) is 30.3. The van der Waals surface area contributed by atoms with Crippen LogP contribution in [0.3, 0.4) is 0 Å². The largest absolute Gasteiger partial charge is 0.309 e. The van der Waals surface area contributed by atoms with Crippen molar-refractivity contribution in [1.82, 2.24) is 24.1 Å². The Morgan fingerprint density at radius 1 is 0.429 bits per heavy atom. The lowest BCUT2D eigenvalue weighted by atomic mass is 9.91. The zero-order chi connectivity index (χ0) is 37.2. The minimum atomic E-state index is 0.776. The van der Waals surface area contributed by atoms with Crippen molar-refractivity contribution in [2.24, 2.45) is 0 Å². The van der Waals surface area contributed by atoms with E-state index in [2.05, 4.69) is 143 Å². The van der Waals surface area contributed by atoms with E-state index in [0.717, 1.165) is 50.7 Å². The molecule has 5 aromatic heterocycles. The first-order chi connectivity index (χ1) is 27.8. The first-order valence-electron chi connectivity index (χ1n) is 18.8. The van der Waals surface area contributed by atoms with E-state index < -0.39 is 0 Å². The Morgan fingerprint density at radius 2 is 0.964 bits per heavy atom. The maximum Gasteiger partial charge on any atom is 0.0915 e.